The molecule has 0 radical (unpaired) electrons. The van der Waals surface area contributed by atoms with Gasteiger partial charge in [0.05, 0.1) is 12.2 Å². The van der Waals surface area contributed by atoms with Crippen LogP contribution in [0.2, 0.25) is 0 Å². The lowest BCUT2D eigenvalue weighted by Gasteiger charge is -2.32. The van der Waals surface area contributed by atoms with Gasteiger partial charge in [-0.1, -0.05) is 18.2 Å². The molecule has 2 aliphatic rings. The number of hydrogen-bond donors (Lipinski definition) is 1. The first-order valence-corrected chi connectivity index (χ1v) is 9.60. The summed E-state index contributed by atoms with van der Waals surface area (Å²) in [6.07, 6.45) is 3.67. The van der Waals surface area contributed by atoms with Crippen molar-refractivity contribution in [2.75, 3.05) is 37.6 Å². The average molecular weight is 345 g/mol. The third-order valence-electron chi connectivity index (χ3n) is 5.24. The molecule has 138 valence electrons. The lowest BCUT2D eigenvalue weighted by atomic mass is 9.92. The Morgan fingerprint density at radius 3 is 2.52 bits per heavy atom. The van der Waals surface area contributed by atoms with Crippen molar-refractivity contribution in [3.05, 3.63) is 30.3 Å². The van der Waals surface area contributed by atoms with Crippen LogP contribution in [0.3, 0.4) is 0 Å². The topological polar surface area (TPSA) is 44.8 Å². The fourth-order valence-electron chi connectivity index (χ4n) is 4.07. The number of nitrogens with zero attached hydrogens (tertiary/aromatic N) is 2. The predicted molar refractivity (Wildman–Crippen MR) is 101 cm³/mol. The minimum atomic E-state index is 0.0849. The number of benzene rings is 1. The molecule has 1 aromatic carbocycles. The van der Waals surface area contributed by atoms with Crippen molar-refractivity contribution >= 4 is 11.7 Å². The summed E-state index contributed by atoms with van der Waals surface area (Å²) in [5.41, 5.74) is 1.25. The summed E-state index contributed by atoms with van der Waals surface area (Å²) in [6.45, 7) is 8.51. The predicted octanol–water partition coefficient (Wildman–Crippen LogP) is 3.11. The van der Waals surface area contributed by atoms with Gasteiger partial charge < -0.3 is 19.9 Å². The van der Waals surface area contributed by atoms with Crippen LogP contribution in [0.25, 0.3) is 0 Å². The molecule has 2 saturated heterocycles. The van der Waals surface area contributed by atoms with Gasteiger partial charge >= 0.3 is 6.03 Å². The number of carbonyl (C=O) groups excluding carboxylic acids is 1. The van der Waals surface area contributed by atoms with Gasteiger partial charge in [-0.2, -0.15) is 0 Å². The van der Waals surface area contributed by atoms with Crippen LogP contribution in [0.1, 0.15) is 33.1 Å². The normalized spacial score (nSPS) is 27.7. The van der Waals surface area contributed by atoms with Crippen LogP contribution in [-0.4, -0.2) is 55.9 Å². The molecule has 0 aliphatic carbocycles. The monoisotopic (exact) mass is 345 g/mol. The zero-order valence-electron chi connectivity index (χ0n) is 15.5. The molecule has 0 spiro atoms. The minimum Gasteiger partial charge on any atom is -0.376 e. The van der Waals surface area contributed by atoms with E-state index in [-0.39, 0.29) is 6.03 Å². The van der Waals surface area contributed by atoms with Gasteiger partial charge in [-0.05, 0) is 51.2 Å². The van der Waals surface area contributed by atoms with E-state index in [2.05, 4.69) is 48.3 Å². The van der Waals surface area contributed by atoms with E-state index in [0.29, 0.717) is 18.1 Å². The quantitative estimate of drug-likeness (QED) is 0.915. The summed E-state index contributed by atoms with van der Waals surface area (Å²) >= 11 is 0. The van der Waals surface area contributed by atoms with E-state index in [9.17, 15) is 4.79 Å². The number of hydrogen-bond acceptors (Lipinski definition) is 3. The maximum atomic E-state index is 12.6. The standard InChI is InChI=1S/C20H31N3O2/c1-16-13-18(14-17(2)25-16)15-21-20(24)23-10-6-9-22(11-12-23)19-7-4-3-5-8-19/h3-5,7-8,16-18H,6,9-15H2,1-2H3,(H,21,24)/t16-,17-/m0/s1. The summed E-state index contributed by atoms with van der Waals surface area (Å²) < 4.78 is 5.78. The zero-order valence-corrected chi connectivity index (χ0v) is 15.5. The lowest BCUT2D eigenvalue weighted by Crippen LogP contribution is -2.45. The Balaban J connectivity index is 1.46. The number of nitrogens with one attached hydrogen (secondary N) is 1. The molecule has 5 nitrogen and oxygen atoms in total. The highest BCUT2D eigenvalue weighted by Crippen LogP contribution is 2.24. The second-order valence-corrected chi connectivity index (χ2v) is 7.44. The molecule has 5 heteroatoms. The first-order valence-electron chi connectivity index (χ1n) is 9.60. The number of ether oxygens (including phenoxy) is 1. The molecule has 2 heterocycles. The Bertz CT molecular complexity index is 541. The van der Waals surface area contributed by atoms with Gasteiger partial charge in [-0.3, -0.25) is 0 Å². The molecular weight excluding hydrogens is 314 g/mol. The average Bonchev–Trinajstić information content (AvgIpc) is 2.86. The third kappa shape index (κ3) is 5.11. The fourth-order valence-corrected chi connectivity index (χ4v) is 4.07. The summed E-state index contributed by atoms with van der Waals surface area (Å²) in [7, 11) is 0. The van der Waals surface area contributed by atoms with Gasteiger partial charge in [0.25, 0.3) is 0 Å². The van der Waals surface area contributed by atoms with E-state index in [1.807, 2.05) is 11.0 Å². The van der Waals surface area contributed by atoms with Gasteiger partial charge in [0.2, 0.25) is 0 Å². The highest BCUT2D eigenvalue weighted by molar-refractivity contribution is 5.74. The summed E-state index contributed by atoms with van der Waals surface area (Å²) in [5, 5.41) is 3.16. The van der Waals surface area contributed by atoms with Gasteiger partial charge in [-0.15, -0.1) is 0 Å². The van der Waals surface area contributed by atoms with Crippen molar-refractivity contribution in [2.24, 2.45) is 5.92 Å². The minimum absolute atomic E-state index is 0.0849. The Morgan fingerprint density at radius 1 is 1.08 bits per heavy atom. The molecule has 0 unspecified atom stereocenters. The van der Waals surface area contributed by atoms with Crippen molar-refractivity contribution in [1.82, 2.24) is 10.2 Å². The largest absolute Gasteiger partial charge is 0.376 e. The third-order valence-corrected chi connectivity index (χ3v) is 5.24. The molecule has 0 bridgehead atoms. The SMILES string of the molecule is C[C@H]1CC(CNC(=O)N2CCCN(c3ccccc3)CC2)C[C@H](C)O1. The Morgan fingerprint density at radius 2 is 1.80 bits per heavy atom. The Kier molecular flexibility index (Phi) is 6.19. The van der Waals surface area contributed by atoms with Crippen molar-refractivity contribution in [3.63, 3.8) is 0 Å². The van der Waals surface area contributed by atoms with Crippen molar-refractivity contribution in [2.45, 2.75) is 45.3 Å². The zero-order chi connectivity index (χ0) is 17.6. The lowest BCUT2D eigenvalue weighted by molar-refractivity contribution is -0.0512. The number of urea groups is 1. The van der Waals surface area contributed by atoms with Crippen LogP contribution in [0.15, 0.2) is 30.3 Å². The highest BCUT2D eigenvalue weighted by atomic mass is 16.5. The number of carbonyl (C=O) groups is 1. The molecule has 0 aromatic heterocycles. The summed E-state index contributed by atoms with van der Waals surface area (Å²) in [5.74, 6) is 0.524. The molecule has 2 amide bonds. The van der Waals surface area contributed by atoms with Crippen molar-refractivity contribution in [1.29, 1.82) is 0 Å². The molecule has 2 aliphatic heterocycles. The molecule has 1 N–H and O–H groups in total. The number of para-hydroxylation sites is 1. The van der Waals surface area contributed by atoms with Crippen LogP contribution in [-0.2, 0) is 4.74 Å². The fraction of sp³-hybridized carbons (Fsp3) is 0.650. The second-order valence-electron chi connectivity index (χ2n) is 7.44. The van der Waals surface area contributed by atoms with Crippen LogP contribution >= 0.6 is 0 Å². The number of amides is 2. The maximum absolute atomic E-state index is 12.6. The molecular formula is C20H31N3O2. The van der Waals surface area contributed by atoms with Crippen LogP contribution < -0.4 is 10.2 Å². The van der Waals surface area contributed by atoms with Gasteiger partial charge in [-0.25, -0.2) is 4.79 Å². The van der Waals surface area contributed by atoms with E-state index in [1.54, 1.807) is 0 Å². The molecule has 2 fully saturated rings. The maximum Gasteiger partial charge on any atom is 0.317 e. The van der Waals surface area contributed by atoms with Crippen LogP contribution in [0.5, 0.6) is 0 Å². The number of anilines is 1. The number of rotatable bonds is 3. The molecule has 25 heavy (non-hydrogen) atoms. The first kappa shape index (κ1) is 18.1. The van der Waals surface area contributed by atoms with Gasteiger partial charge in [0.15, 0.2) is 0 Å². The van der Waals surface area contributed by atoms with E-state index in [4.69, 9.17) is 4.74 Å². The Labute approximate surface area is 151 Å². The Hall–Kier alpha value is -1.75. The molecule has 3 rings (SSSR count). The van der Waals surface area contributed by atoms with Crippen LogP contribution in [0.4, 0.5) is 10.5 Å². The molecule has 1 aromatic rings. The first-order chi connectivity index (χ1) is 12.1. The van der Waals surface area contributed by atoms with Crippen LogP contribution in [0, 0.1) is 5.92 Å². The van der Waals surface area contributed by atoms with E-state index in [0.717, 1.165) is 52.0 Å². The second kappa shape index (κ2) is 8.56. The van der Waals surface area contributed by atoms with Gasteiger partial charge in [0, 0.05) is 38.4 Å². The smallest absolute Gasteiger partial charge is 0.317 e. The van der Waals surface area contributed by atoms with E-state index < -0.39 is 0 Å². The highest BCUT2D eigenvalue weighted by Gasteiger charge is 2.26. The summed E-state index contributed by atoms with van der Waals surface area (Å²) in [4.78, 5) is 16.9. The molecule has 2 atom stereocenters. The van der Waals surface area contributed by atoms with Crippen molar-refractivity contribution < 1.29 is 9.53 Å². The van der Waals surface area contributed by atoms with E-state index >= 15 is 0 Å². The van der Waals surface area contributed by atoms with E-state index in [1.165, 1.54) is 5.69 Å². The van der Waals surface area contributed by atoms with Gasteiger partial charge in [0.1, 0.15) is 0 Å². The molecule has 0 saturated carbocycles. The van der Waals surface area contributed by atoms with Crippen molar-refractivity contribution in [3.8, 4) is 0 Å². The summed E-state index contributed by atoms with van der Waals surface area (Å²) in [6, 6.07) is 10.5.